The van der Waals surface area contributed by atoms with E-state index in [1.54, 1.807) is 0 Å². The standard InChI is InChI=1S/C17H20F3NO4/c18-17(19,20)13-3-1-12(2-4-13)11-15(22)21(8-5-16(23)24)14-6-9-25-10-7-14/h1-4,14H,5-11H2,(H,23,24). The average Bonchev–Trinajstić information content (AvgIpc) is 2.55. The van der Waals surface area contributed by atoms with Gasteiger partial charge in [-0.1, -0.05) is 12.1 Å². The second kappa shape index (κ2) is 8.33. The number of carbonyl (C=O) groups excluding carboxylic acids is 1. The zero-order valence-corrected chi connectivity index (χ0v) is 13.6. The number of carbonyl (C=O) groups is 2. The maximum Gasteiger partial charge on any atom is 0.416 e. The smallest absolute Gasteiger partial charge is 0.416 e. The number of nitrogens with zero attached hydrogens (tertiary/aromatic N) is 1. The van der Waals surface area contributed by atoms with Gasteiger partial charge in [0.15, 0.2) is 0 Å². The van der Waals surface area contributed by atoms with E-state index in [1.165, 1.54) is 17.0 Å². The van der Waals surface area contributed by atoms with Crippen molar-refractivity contribution >= 4 is 11.9 Å². The zero-order valence-electron chi connectivity index (χ0n) is 13.6. The predicted molar refractivity (Wildman–Crippen MR) is 83.0 cm³/mol. The van der Waals surface area contributed by atoms with Gasteiger partial charge in [-0.15, -0.1) is 0 Å². The van der Waals surface area contributed by atoms with E-state index in [4.69, 9.17) is 9.84 Å². The van der Waals surface area contributed by atoms with Crippen molar-refractivity contribution in [2.24, 2.45) is 0 Å². The number of alkyl halides is 3. The molecule has 2 rings (SSSR count). The number of ether oxygens (including phenoxy) is 1. The maximum atomic E-state index is 12.6. The van der Waals surface area contributed by atoms with Crippen molar-refractivity contribution in [1.29, 1.82) is 0 Å². The van der Waals surface area contributed by atoms with Crippen molar-refractivity contribution in [2.45, 2.75) is 37.9 Å². The third-order valence-electron chi connectivity index (χ3n) is 4.16. The number of hydrogen-bond donors (Lipinski definition) is 1. The molecular formula is C17H20F3NO4. The van der Waals surface area contributed by atoms with E-state index >= 15 is 0 Å². The zero-order chi connectivity index (χ0) is 18.4. The highest BCUT2D eigenvalue weighted by molar-refractivity contribution is 5.79. The lowest BCUT2D eigenvalue weighted by Crippen LogP contribution is -2.45. The fourth-order valence-electron chi connectivity index (χ4n) is 2.81. The number of hydrogen-bond acceptors (Lipinski definition) is 3. The first kappa shape index (κ1) is 19.2. The number of carboxylic acid groups (broad SMARTS) is 1. The van der Waals surface area contributed by atoms with Crippen molar-refractivity contribution in [2.75, 3.05) is 19.8 Å². The molecule has 0 saturated carbocycles. The van der Waals surface area contributed by atoms with Gasteiger partial charge in [-0.3, -0.25) is 9.59 Å². The van der Waals surface area contributed by atoms with Crippen LogP contribution in [0.4, 0.5) is 13.2 Å². The molecule has 0 spiro atoms. The summed E-state index contributed by atoms with van der Waals surface area (Å²) in [4.78, 5) is 24.9. The van der Waals surface area contributed by atoms with Gasteiger partial charge in [-0.25, -0.2) is 0 Å². The first-order valence-corrected chi connectivity index (χ1v) is 8.02. The van der Waals surface area contributed by atoms with Crippen molar-refractivity contribution < 1.29 is 32.6 Å². The molecule has 25 heavy (non-hydrogen) atoms. The second-order valence-corrected chi connectivity index (χ2v) is 5.95. The lowest BCUT2D eigenvalue weighted by molar-refractivity contribution is -0.140. The molecule has 1 aliphatic rings. The molecule has 1 aromatic rings. The molecule has 1 amide bonds. The van der Waals surface area contributed by atoms with Gasteiger partial charge in [0.25, 0.3) is 0 Å². The minimum Gasteiger partial charge on any atom is -0.481 e. The van der Waals surface area contributed by atoms with Crippen LogP contribution in [0, 0.1) is 0 Å². The third-order valence-corrected chi connectivity index (χ3v) is 4.16. The summed E-state index contributed by atoms with van der Waals surface area (Å²) in [7, 11) is 0. The average molecular weight is 359 g/mol. The highest BCUT2D eigenvalue weighted by atomic mass is 19.4. The molecule has 1 aromatic carbocycles. The predicted octanol–water partition coefficient (Wildman–Crippen LogP) is 2.73. The van der Waals surface area contributed by atoms with Crippen LogP contribution in [0.3, 0.4) is 0 Å². The molecule has 5 nitrogen and oxygen atoms in total. The lowest BCUT2D eigenvalue weighted by Gasteiger charge is -2.34. The molecule has 138 valence electrons. The number of rotatable bonds is 6. The quantitative estimate of drug-likeness (QED) is 0.848. The Balaban J connectivity index is 2.05. The van der Waals surface area contributed by atoms with Crippen LogP contribution < -0.4 is 0 Å². The van der Waals surface area contributed by atoms with Crippen LogP contribution in [0.2, 0.25) is 0 Å². The van der Waals surface area contributed by atoms with E-state index in [9.17, 15) is 22.8 Å². The highest BCUT2D eigenvalue weighted by Gasteiger charge is 2.30. The third kappa shape index (κ3) is 5.74. The summed E-state index contributed by atoms with van der Waals surface area (Å²) in [5.74, 6) is -1.28. The monoisotopic (exact) mass is 359 g/mol. The van der Waals surface area contributed by atoms with E-state index in [1.807, 2.05) is 0 Å². The van der Waals surface area contributed by atoms with Gasteiger partial charge in [-0.2, -0.15) is 13.2 Å². The van der Waals surface area contributed by atoms with Crippen molar-refractivity contribution in [3.05, 3.63) is 35.4 Å². The molecule has 1 fully saturated rings. The first-order chi connectivity index (χ1) is 11.8. The Kier molecular flexibility index (Phi) is 6.41. The van der Waals surface area contributed by atoms with Crippen LogP contribution >= 0.6 is 0 Å². The minimum absolute atomic E-state index is 0.0604. The molecule has 0 aliphatic carbocycles. The summed E-state index contributed by atoms with van der Waals surface area (Å²) in [5.41, 5.74) is -0.304. The number of benzene rings is 1. The Bertz CT molecular complexity index is 595. The molecule has 1 saturated heterocycles. The van der Waals surface area contributed by atoms with E-state index < -0.39 is 17.7 Å². The second-order valence-electron chi connectivity index (χ2n) is 5.95. The van der Waals surface area contributed by atoms with E-state index in [2.05, 4.69) is 0 Å². The Morgan fingerprint density at radius 2 is 1.76 bits per heavy atom. The fourth-order valence-corrected chi connectivity index (χ4v) is 2.81. The molecule has 0 atom stereocenters. The van der Waals surface area contributed by atoms with Crippen LogP contribution in [0.15, 0.2) is 24.3 Å². The number of amides is 1. The summed E-state index contributed by atoms with van der Waals surface area (Å²) < 4.78 is 43.0. The van der Waals surface area contributed by atoms with Gasteiger partial charge in [0.05, 0.1) is 18.4 Å². The summed E-state index contributed by atoms with van der Waals surface area (Å²) >= 11 is 0. The summed E-state index contributed by atoms with van der Waals surface area (Å²) in [5, 5.41) is 8.87. The number of aliphatic carboxylic acids is 1. The van der Waals surface area contributed by atoms with E-state index in [-0.39, 0.29) is 31.3 Å². The highest BCUT2D eigenvalue weighted by Crippen LogP contribution is 2.29. The lowest BCUT2D eigenvalue weighted by atomic mass is 10.0. The van der Waals surface area contributed by atoms with Gasteiger partial charge >= 0.3 is 12.1 Å². The van der Waals surface area contributed by atoms with Gasteiger partial charge in [0, 0.05) is 25.8 Å². The Labute approximate surface area is 143 Å². The van der Waals surface area contributed by atoms with E-state index in [0.29, 0.717) is 31.6 Å². The summed E-state index contributed by atoms with van der Waals surface area (Å²) in [6.07, 6.45) is -3.40. The summed E-state index contributed by atoms with van der Waals surface area (Å²) in [6.45, 7) is 1.09. The normalized spacial score (nSPS) is 15.8. The van der Waals surface area contributed by atoms with Gasteiger partial charge in [0.1, 0.15) is 0 Å². The van der Waals surface area contributed by atoms with Crippen LogP contribution in [-0.2, 0) is 26.9 Å². The van der Waals surface area contributed by atoms with Gasteiger partial charge < -0.3 is 14.7 Å². The molecule has 1 N–H and O–H groups in total. The number of carboxylic acids is 1. The van der Waals surface area contributed by atoms with Crippen molar-refractivity contribution in [1.82, 2.24) is 4.90 Å². The molecule has 1 heterocycles. The van der Waals surface area contributed by atoms with Gasteiger partial charge in [-0.05, 0) is 30.5 Å². The van der Waals surface area contributed by atoms with Gasteiger partial charge in [0.2, 0.25) is 5.91 Å². The Hall–Kier alpha value is -2.09. The van der Waals surface area contributed by atoms with Crippen LogP contribution in [0.1, 0.15) is 30.4 Å². The maximum absolute atomic E-state index is 12.6. The van der Waals surface area contributed by atoms with Crippen molar-refractivity contribution in [3.63, 3.8) is 0 Å². The topological polar surface area (TPSA) is 66.8 Å². The molecule has 0 bridgehead atoms. The summed E-state index contributed by atoms with van der Waals surface area (Å²) in [6, 6.07) is 4.34. The van der Waals surface area contributed by atoms with Crippen LogP contribution in [-0.4, -0.2) is 47.7 Å². The SMILES string of the molecule is O=C(O)CCN(C(=O)Cc1ccc(C(F)(F)F)cc1)C1CCOCC1. The molecule has 8 heteroatoms. The number of halogens is 3. The molecular weight excluding hydrogens is 339 g/mol. The molecule has 0 unspecified atom stereocenters. The molecule has 0 aromatic heterocycles. The van der Waals surface area contributed by atoms with Crippen molar-refractivity contribution in [3.8, 4) is 0 Å². The Morgan fingerprint density at radius 1 is 1.16 bits per heavy atom. The molecule has 0 radical (unpaired) electrons. The van der Waals surface area contributed by atoms with Crippen LogP contribution in [0.25, 0.3) is 0 Å². The fraction of sp³-hybridized carbons (Fsp3) is 0.529. The molecule has 1 aliphatic heterocycles. The first-order valence-electron chi connectivity index (χ1n) is 8.02. The van der Waals surface area contributed by atoms with Crippen LogP contribution in [0.5, 0.6) is 0 Å². The minimum atomic E-state index is -4.42. The largest absolute Gasteiger partial charge is 0.481 e. The Morgan fingerprint density at radius 3 is 2.28 bits per heavy atom. The van der Waals surface area contributed by atoms with E-state index in [0.717, 1.165) is 12.1 Å².